The van der Waals surface area contributed by atoms with Crippen molar-refractivity contribution in [2.24, 2.45) is 0 Å². The number of ether oxygens (including phenoxy) is 2. The van der Waals surface area contributed by atoms with Crippen molar-refractivity contribution >= 4 is 17.1 Å². The Labute approximate surface area is 373 Å². The standard InChI is InChI=1S/C61H41NO2/c1-3-17-40(18-4-1)43-21-15-22-45(39-43)62(44-35-33-42(34-36-44)47-24-8-7-23-46(47)41-19-5-2-6-20-41)55-31-16-32-56-59(55)63-57-38-37-54-58(60(57)64-56)50-27-11-14-30-53(50)61(54)51-28-12-9-25-48(51)49-26-10-13-29-52(49)61/h1-25,27-39,49H,26H2. The number of benzene rings is 9. The average molecular weight is 820 g/mol. The van der Waals surface area contributed by atoms with E-state index in [1.807, 2.05) is 6.07 Å². The number of anilines is 3. The van der Waals surface area contributed by atoms with E-state index >= 15 is 0 Å². The normalized spacial score (nSPS) is 16.9. The second-order valence-corrected chi connectivity index (χ2v) is 17.1. The summed E-state index contributed by atoms with van der Waals surface area (Å²) in [5, 5.41) is 0. The minimum absolute atomic E-state index is 0.329. The van der Waals surface area contributed by atoms with Crippen LogP contribution in [0, 0.1) is 0 Å². The van der Waals surface area contributed by atoms with Crippen LogP contribution in [0.25, 0.3) is 44.5 Å². The molecule has 3 aliphatic carbocycles. The van der Waals surface area contributed by atoms with Crippen LogP contribution in [0.2, 0.25) is 0 Å². The maximum atomic E-state index is 7.21. The maximum Gasteiger partial charge on any atom is 0.194 e. The number of fused-ring (bicyclic) bond motifs is 13. The highest BCUT2D eigenvalue weighted by Crippen LogP contribution is 2.68. The third kappa shape index (κ3) is 5.41. The van der Waals surface area contributed by atoms with E-state index in [1.165, 1.54) is 50.1 Å². The van der Waals surface area contributed by atoms with Gasteiger partial charge in [-0.05, 0) is 116 Å². The molecule has 0 fully saturated rings. The Morgan fingerprint density at radius 1 is 0.438 bits per heavy atom. The molecule has 302 valence electrons. The average Bonchev–Trinajstić information content (AvgIpc) is 3.85. The van der Waals surface area contributed by atoms with Crippen molar-refractivity contribution in [3.8, 4) is 67.5 Å². The van der Waals surface area contributed by atoms with Gasteiger partial charge in [0.15, 0.2) is 23.0 Å². The van der Waals surface area contributed by atoms with Gasteiger partial charge in [-0.25, -0.2) is 0 Å². The molecule has 2 atom stereocenters. The molecule has 64 heavy (non-hydrogen) atoms. The summed E-state index contributed by atoms with van der Waals surface area (Å²) in [6.45, 7) is 0. The van der Waals surface area contributed by atoms with Crippen LogP contribution in [0.3, 0.4) is 0 Å². The van der Waals surface area contributed by atoms with Gasteiger partial charge in [-0.1, -0.05) is 188 Å². The molecule has 0 saturated carbocycles. The Morgan fingerprint density at radius 2 is 1.06 bits per heavy atom. The van der Waals surface area contributed by atoms with Crippen LogP contribution in [0.4, 0.5) is 17.1 Å². The van der Waals surface area contributed by atoms with Gasteiger partial charge in [-0.3, -0.25) is 0 Å². The zero-order valence-corrected chi connectivity index (χ0v) is 35.0. The fourth-order valence-electron chi connectivity index (χ4n) is 11.1. The molecule has 0 aromatic heterocycles. The minimum atomic E-state index is -0.410. The summed E-state index contributed by atoms with van der Waals surface area (Å²) in [6, 6.07) is 76.1. The molecule has 9 aromatic carbocycles. The first-order valence-electron chi connectivity index (χ1n) is 22.2. The molecule has 0 saturated heterocycles. The molecule has 1 spiro atoms. The Kier molecular flexibility index (Phi) is 8.26. The van der Waals surface area contributed by atoms with E-state index in [9.17, 15) is 0 Å². The third-order valence-electron chi connectivity index (χ3n) is 13.7. The summed E-state index contributed by atoms with van der Waals surface area (Å²) in [7, 11) is 0. The minimum Gasteiger partial charge on any atom is -0.449 e. The number of para-hydroxylation sites is 1. The summed E-state index contributed by atoms with van der Waals surface area (Å²) < 4.78 is 14.4. The molecular formula is C61H41NO2. The smallest absolute Gasteiger partial charge is 0.194 e. The molecular weight excluding hydrogens is 779 g/mol. The molecule has 1 aliphatic heterocycles. The summed E-state index contributed by atoms with van der Waals surface area (Å²) in [5.41, 5.74) is 18.6. The van der Waals surface area contributed by atoms with E-state index in [-0.39, 0.29) is 0 Å². The van der Waals surface area contributed by atoms with Crippen molar-refractivity contribution in [1.29, 1.82) is 0 Å². The molecule has 1 heterocycles. The molecule has 0 radical (unpaired) electrons. The molecule has 9 aromatic rings. The van der Waals surface area contributed by atoms with Crippen LogP contribution in [-0.2, 0) is 5.41 Å². The van der Waals surface area contributed by atoms with E-state index in [0.717, 1.165) is 51.5 Å². The highest BCUT2D eigenvalue weighted by molar-refractivity contribution is 5.95. The van der Waals surface area contributed by atoms with Crippen LogP contribution >= 0.6 is 0 Å². The van der Waals surface area contributed by atoms with Gasteiger partial charge in [0.2, 0.25) is 0 Å². The van der Waals surface area contributed by atoms with Gasteiger partial charge in [0.05, 0.1) is 11.1 Å². The van der Waals surface area contributed by atoms with Crippen LogP contribution in [0.5, 0.6) is 23.0 Å². The first kappa shape index (κ1) is 36.5. The number of hydrogen-bond acceptors (Lipinski definition) is 3. The largest absolute Gasteiger partial charge is 0.449 e. The van der Waals surface area contributed by atoms with Gasteiger partial charge in [-0.15, -0.1) is 0 Å². The number of hydrogen-bond donors (Lipinski definition) is 0. The van der Waals surface area contributed by atoms with Crippen LogP contribution < -0.4 is 14.4 Å². The van der Waals surface area contributed by atoms with E-state index in [0.29, 0.717) is 23.2 Å². The lowest BCUT2D eigenvalue weighted by Crippen LogP contribution is -2.27. The predicted molar refractivity (Wildman–Crippen MR) is 260 cm³/mol. The first-order chi connectivity index (χ1) is 31.8. The second-order valence-electron chi connectivity index (χ2n) is 17.1. The van der Waals surface area contributed by atoms with Crippen molar-refractivity contribution in [2.45, 2.75) is 17.8 Å². The molecule has 0 N–H and O–H groups in total. The molecule has 3 heteroatoms. The number of nitrogens with zero attached hydrogens (tertiary/aromatic N) is 1. The zero-order chi connectivity index (χ0) is 42.2. The highest BCUT2D eigenvalue weighted by Gasteiger charge is 2.56. The van der Waals surface area contributed by atoms with E-state index in [1.54, 1.807) is 0 Å². The zero-order valence-electron chi connectivity index (χ0n) is 35.0. The first-order valence-corrected chi connectivity index (χ1v) is 22.2. The predicted octanol–water partition coefficient (Wildman–Crippen LogP) is 16.4. The second kappa shape index (κ2) is 14.5. The Bertz CT molecular complexity index is 3370. The maximum absolute atomic E-state index is 7.21. The SMILES string of the molecule is C1=CCC2C(=C1)C1(c3ccccc3-c3c1ccc1c3Oc3cccc(N(c4ccc(-c5ccccc5-c5ccccc5)cc4)c4cccc(-c5ccccc5)c4)c3O1)c1ccccc12. The highest BCUT2D eigenvalue weighted by atomic mass is 16.6. The van der Waals surface area contributed by atoms with E-state index in [2.05, 4.69) is 229 Å². The number of rotatable bonds is 6. The van der Waals surface area contributed by atoms with Gasteiger partial charge in [0, 0.05) is 22.9 Å². The van der Waals surface area contributed by atoms with Gasteiger partial charge in [0.1, 0.15) is 0 Å². The van der Waals surface area contributed by atoms with E-state index < -0.39 is 5.41 Å². The quantitative estimate of drug-likeness (QED) is 0.167. The Balaban J connectivity index is 0.953. The molecule has 0 bridgehead atoms. The molecule has 13 rings (SSSR count). The lowest BCUT2D eigenvalue weighted by Gasteiger charge is -2.33. The fraction of sp³-hybridized carbons (Fsp3) is 0.0492. The number of allylic oxidation sites excluding steroid dienone is 4. The monoisotopic (exact) mass is 819 g/mol. The van der Waals surface area contributed by atoms with Crippen molar-refractivity contribution < 1.29 is 9.47 Å². The third-order valence-corrected chi connectivity index (χ3v) is 13.7. The van der Waals surface area contributed by atoms with E-state index in [4.69, 9.17) is 9.47 Å². The van der Waals surface area contributed by atoms with Crippen molar-refractivity contribution in [2.75, 3.05) is 4.90 Å². The Hall–Kier alpha value is -8.14. The van der Waals surface area contributed by atoms with Gasteiger partial charge in [-0.2, -0.15) is 0 Å². The summed E-state index contributed by atoms with van der Waals surface area (Å²) in [6.07, 6.45) is 7.92. The summed E-state index contributed by atoms with van der Waals surface area (Å²) in [4.78, 5) is 2.29. The van der Waals surface area contributed by atoms with Crippen LogP contribution in [0.1, 0.15) is 34.6 Å². The lowest BCUT2D eigenvalue weighted by molar-refractivity contribution is 0.361. The van der Waals surface area contributed by atoms with Gasteiger partial charge < -0.3 is 14.4 Å². The van der Waals surface area contributed by atoms with Crippen molar-refractivity contribution in [3.63, 3.8) is 0 Å². The Morgan fingerprint density at radius 3 is 1.86 bits per heavy atom. The van der Waals surface area contributed by atoms with Gasteiger partial charge in [0.25, 0.3) is 0 Å². The van der Waals surface area contributed by atoms with Crippen molar-refractivity contribution in [1.82, 2.24) is 0 Å². The summed E-state index contributed by atoms with van der Waals surface area (Å²) >= 11 is 0. The summed E-state index contributed by atoms with van der Waals surface area (Å²) in [5.74, 6) is 3.15. The lowest BCUT2D eigenvalue weighted by atomic mass is 9.69. The van der Waals surface area contributed by atoms with Gasteiger partial charge >= 0.3 is 0 Å². The molecule has 2 unspecified atom stereocenters. The molecule has 4 aliphatic rings. The van der Waals surface area contributed by atoms with Crippen LogP contribution in [0.15, 0.2) is 236 Å². The molecule has 3 nitrogen and oxygen atoms in total. The fourth-order valence-corrected chi connectivity index (χ4v) is 11.1. The van der Waals surface area contributed by atoms with Crippen LogP contribution in [-0.4, -0.2) is 0 Å². The molecule has 0 amide bonds. The van der Waals surface area contributed by atoms with Crippen molar-refractivity contribution in [3.05, 3.63) is 258 Å². The topological polar surface area (TPSA) is 21.7 Å².